The Morgan fingerprint density at radius 3 is 2.63 bits per heavy atom. The van der Waals surface area contributed by atoms with Crippen LogP contribution in [0.15, 0.2) is 6.07 Å². The third-order valence-electron chi connectivity index (χ3n) is 5.32. The number of halogens is 1. The number of fused-ring (bicyclic) bond motifs is 1. The number of morpholine rings is 1. The zero-order valence-corrected chi connectivity index (χ0v) is 16.6. The lowest BCUT2D eigenvalue weighted by Gasteiger charge is -2.39. The molecule has 8 nitrogen and oxygen atoms in total. The predicted molar refractivity (Wildman–Crippen MR) is 103 cm³/mol. The summed E-state index contributed by atoms with van der Waals surface area (Å²) in [7, 11) is 1.68. The molecular formula is C17H21ClN4O4S. The van der Waals surface area contributed by atoms with Gasteiger partial charge in [0, 0.05) is 38.2 Å². The standard InChI is InChI=1S/C17H21ClN4O4S/c1-25-17(2-4-22(5-3-17)16(23)24)12-10-11-13(27-12)14(20-15(18)19-11)21-6-8-26-9-7-21/h10H,2-9H2,1H3,(H,23,24). The summed E-state index contributed by atoms with van der Waals surface area (Å²) in [5.74, 6) is 0.832. The zero-order valence-electron chi connectivity index (χ0n) is 15.0. The van der Waals surface area contributed by atoms with E-state index in [1.165, 1.54) is 4.90 Å². The molecular weight excluding hydrogens is 392 g/mol. The van der Waals surface area contributed by atoms with Gasteiger partial charge in [-0.05, 0) is 30.5 Å². The molecule has 0 spiro atoms. The Morgan fingerprint density at radius 2 is 2.00 bits per heavy atom. The van der Waals surface area contributed by atoms with Crippen LogP contribution in [0.5, 0.6) is 0 Å². The van der Waals surface area contributed by atoms with Crippen LogP contribution in [0.3, 0.4) is 0 Å². The summed E-state index contributed by atoms with van der Waals surface area (Å²) in [4.78, 5) is 24.7. The Kier molecular flexibility index (Phi) is 5.11. The third kappa shape index (κ3) is 3.44. The molecule has 4 rings (SSSR count). The van der Waals surface area contributed by atoms with Crippen molar-refractivity contribution in [3.05, 3.63) is 16.2 Å². The first-order chi connectivity index (χ1) is 13.0. The zero-order chi connectivity index (χ0) is 19.0. The average molecular weight is 413 g/mol. The average Bonchev–Trinajstić information content (AvgIpc) is 3.12. The number of rotatable bonds is 3. The summed E-state index contributed by atoms with van der Waals surface area (Å²) in [6, 6.07) is 2.01. The van der Waals surface area contributed by atoms with Crippen LogP contribution in [0.1, 0.15) is 17.7 Å². The van der Waals surface area contributed by atoms with Crippen molar-refractivity contribution in [3.63, 3.8) is 0 Å². The van der Waals surface area contributed by atoms with Crippen molar-refractivity contribution < 1.29 is 19.4 Å². The van der Waals surface area contributed by atoms with Crippen LogP contribution in [-0.2, 0) is 15.1 Å². The van der Waals surface area contributed by atoms with E-state index in [1.807, 2.05) is 6.07 Å². The molecule has 1 N–H and O–H groups in total. The van der Waals surface area contributed by atoms with E-state index in [0.29, 0.717) is 39.1 Å². The molecule has 0 aromatic carbocycles. The lowest BCUT2D eigenvalue weighted by molar-refractivity contribution is -0.0555. The number of ether oxygens (including phenoxy) is 2. The van der Waals surface area contributed by atoms with Crippen molar-refractivity contribution in [2.24, 2.45) is 0 Å². The van der Waals surface area contributed by atoms with Gasteiger partial charge in [-0.2, -0.15) is 4.98 Å². The molecule has 2 fully saturated rings. The molecule has 2 aromatic heterocycles. The van der Waals surface area contributed by atoms with E-state index in [4.69, 9.17) is 21.1 Å². The van der Waals surface area contributed by atoms with Crippen LogP contribution in [0.2, 0.25) is 5.28 Å². The topological polar surface area (TPSA) is 88.0 Å². The molecule has 2 saturated heterocycles. The highest BCUT2D eigenvalue weighted by Gasteiger charge is 2.39. The van der Waals surface area contributed by atoms with Gasteiger partial charge in [-0.25, -0.2) is 9.78 Å². The van der Waals surface area contributed by atoms with E-state index in [0.717, 1.165) is 34.0 Å². The summed E-state index contributed by atoms with van der Waals surface area (Å²) in [5.41, 5.74) is 0.292. The summed E-state index contributed by atoms with van der Waals surface area (Å²) in [6.45, 7) is 3.74. The normalized spacial score (nSPS) is 20.2. The van der Waals surface area contributed by atoms with Crippen LogP contribution in [0, 0.1) is 0 Å². The first-order valence-corrected chi connectivity index (χ1v) is 10.1. The second-order valence-corrected chi connectivity index (χ2v) is 8.10. The molecule has 2 aliphatic heterocycles. The Balaban J connectivity index is 1.71. The Labute approximate surface area is 165 Å². The number of anilines is 1. The minimum atomic E-state index is -0.886. The fourth-order valence-corrected chi connectivity index (χ4v) is 5.22. The molecule has 0 saturated carbocycles. The van der Waals surface area contributed by atoms with Crippen LogP contribution in [0.25, 0.3) is 10.2 Å². The van der Waals surface area contributed by atoms with Crippen molar-refractivity contribution >= 4 is 45.1 Å². The van der Waals surface area contributed by atoms with Gasteiger partial charge in [-0.3, -0.25) is 0 Å². The van der Waals surface area contributed by atoms with E-state index < -0.39 is 11.7 Å². The van der Waals surface area contributed by atoms with Crippen molar-refractivity contribution in [3.8, 4) is 0 Å². The number of thiophene rings is 1. The molecule has 1 amide bonds. The van der Waals surface area contributed by atoms with E-state index in [-0.39, 0.29) is 5.28 Å². The Hall–Kier alpha value is -1.68. The van der Waals surface area contributed by atoms with E-state index in [1.54, 1.807) is 18.4 Å². The largest absolute Gasteiger partial charge is 0.465 e. The summed E-state index contributed by atoms with van der Waals surface area (Å²) >= 11 is 7.79. The van der Waals surface area contributed by atoms with E-state index >= 15 is 0 Å². The van der Waals surface area contributed by atoms with Gasteiger partial charge in [-0.15, -0.1) is 11.3 Å². The molecule has 2 aromatic rings. The SMILES string of the molecule is COC1(c2cc3nc(Cl)nc(N4CCOCC4)c3s2)CCN(C(=O)O)CC1. The van der Waals surface area contributed by atoms with Gasteiger partial charge in [0.1, 0.15) is 5.60 Å². The van der Waals surface area contributed by atoms with Crippen LogP contribution < -0.4 is 4.90 Å². The third-order valence-corrected chi connectivity index (χ3v) is 6.79. The van der Waals surface area contributed by atoms with E-state index in [9.17, 15) is 9.90 Å². The van der Waals surface area contributed by atoms with E-state index in [2.05, 4.69) is 14.9 Å². The summed E-state index contributed by atoms with van der Waals surface area (Å²) in [5, 5.41) is 9.44. The number of hydrogen-bond acceptors (Lipinski definition) is 7. The van der Waals surface area contributed by atoms with Gasteiger partial charge in [0.25, 0.3) is 0 Å². The number of piperidine rings is 1. The molecule has 0 aliphatic carbocycles. The lowest BCUT2D eigenvalue weighted by Crippen LogP contribution is -2.45. The van der Waals surface area contributed by atoms with Crippen LogP contribution in [-0.4, -0.2) is 72.6 Å². The number of carboxylic acid groups (broad SMARTS) is 1. The summed E-state index contributed by atoms with van der Waals surface area (Å²) < 4.78 is 12.3. The molecule has 0 atom stereocenters. The maximum atomic E-state index is 11.2. The number of hydrogen-bond donors (Lipinski definition) is 1. The van der Waals surface area contributed by atoms with Crippen molar-refractivity contribution in [2.75, 3.05) is 51.4 Å². The first kappa shape index (κ1) is 18.7. The highest BCUT2D eigenvalue weighted by molar-refractivity contribution is 7.19. The molecule has 4 heterocycles. The number of likely N-dealkylation sites (tertiary alicyclic amines) is 1. The molecule has 0 radical (unpaired) electrons. The highest BCUT2D eigenvalue weighted by Crippen LogP contribution is 2.44. The molecule has 0 unspecified atom stereocenters. The molecule has 146 valence electrons. The highest BCUT2D eigenvalue weighted by atomic mass is 35.5. The molecule has 0 bridgehead atoms. The van der Waals surface area contributed by atoms with Gasteiger partial charge in [0.05, 0.1) is 23.4 Å². The second kappa shape index (κ2) is 7.38. The van der Waals surface area contributed by atoms with Gasteiger partial charge < -0.3 is 24.4 Å². The smallest absolute Gasteiger partial charge is 0.407 e. The van der Waals surface area contributed by atoms with Gasteiger partial charge in [0.15, 0.2) is 5.82 Å². The Bertz CT molecular complexity index is 847. The maximum Gasteiger partial charge on any atom is 0.407 e. The number of amides is 1. The monoisotopic (exact) mass is 412 g/mol. The molecule has 27 heavy (non-hydrogen) atoms. The van der Waals surface area contributed by atoms with Gasteiger partial charge >= 0.3 is 6.09 Å². The van der Waals surface area contributed by atoms with Crippen molar-refractivity contribution in [2.45, 2.75) is 18.4 Å². The number of aromatic nitrogens is 2. The van der Waals surface area contributed by atoms with Crippen molar-refractivity contribution in [1.29, 1.82) is 0 Å². The number of methoxy groups -OCH3 is 1. The minimum Gasteiger partial charge on any atom is -0.465 e. The summed E-state index contributed by atoms with van der Waals surface area (Å²) in [6.07, 6.45) is 0.330. The quantitative estimate of drug-likeness (QED) is 0.775. The number of carbonyl (C=O) groups is 1. The maximum absolute atomic E-state index is 11.2. The predicted octanol–water partition coefficient (Wildman–Crippen LogP) is 2.80. The first-order valence-electron chi connectivity index (χ1n) is 8.86. The van der Waals surface area contributed by atoms with Gasteiger partial charge in [0.2, 0.25) is 5.28 Å². The molecule has 10 heteroatoms. The van der Waals surface area contributed by atoms with Gasteiger partial charge in [-0.1, -0.05) is 0 Å². The number of nitrogens with zero attached hydrogens (tertiary/aromatic N) is 4. The van der Waals surface area contributed by atoms with Crippen LogP contribution >= 0.6 is 22.9 Å². The van der Waals surface area contributed by atoms with Crippen LogP contribution in [0.4, 0.5) is 10.6 Å². The van der Waals surface area contributed by atoms with Crippen molar-refractivity contribution in [1.82, 2.24) is 14.9 Å². The fraction of sp³-hybridized carbons (Fsp3) is 0.588. The molecule has 2 aliphatic rings. The minimum absolute atomic E-state index is 0.223. The second-order valence-electron chi connectivity index (χ2n) is 6.71. The lowest BCUT2D eigenvalue weighted by atomic mass is 9.89. The Morgan fingerprint density at radius 1 is 1.30 bits per heavy atom. The fourth-order valence-electron chi connectivity index (χ4n) is 3.71.